The lowest BCUT2D eigenvalue weighted by atomic mass is 10.1. The first-order chi connectivity index (χ1) is 11.0. The van der Waals surface area contributed by atoms with Crippen LogP contribution in [-0.2, 0) is 20.7 Å². The molecular weight excluding hydrogens is 296 g/mol. The minimum atomic E-state index is -0.435. The number of hydrogen-bond donors (Lipinski definition) is 0. The monoisotopic (exact) mass is 318 g/mol. The van der Waals surface area contributed by atoms with Crippen molar-refractivity contribution in [2.24, 2.45) is 0 Å². The van der Waals surface area contributed by atoms with Gasteiger partial charge in [0.05, 0.1) is 7.11 Å². The number of amides is 2. The Morgan fingerprint density at radius 3 is 2.65 bits per heavy atom. The van der Waals surface area contributed by atoms with Crippen molar-refractivity contribution in [1.82, 2.24) is 4.90 Å². The molecule has 1 aliphatic heterocycles. The number of hydrogen-bond acceptors (Lipinski definition) is 4. The molecule has 23 heavy (non-hydrogen) atoms. The van der Waals surface area contributed by atoms with Crippen molar-refractivity contribution >= 4 is 23.5 Å². The van der Waals surface area contributed by atoms with Gasteiger partial charge in [-0.15, -0.1) is 0 Å². The van der Waals surface area contributed by atoms with E-state index in [-0.39, 0.29) is 18.4 Å². The molecule has 1 aromatic rings. The van der Waals surface area contributed by atoms with Crippen LogP contribution in [0.15, 0.2) is 18.2 Å². The second kappa shape index (κ2) is 7.26. The summed E-state index contributed by atoms with van der Waals surface area (Å²) < 4.78 is 4.65. The Bertz CT molecular complexity index is 627. The maximum atomic E-state index is 12.6. The topological polar surface area (TPSA) is 66.9 Å². The lowest BCUT2D eigenvalue weighted by molar-refractivity contribution is -0.141. The normalized spacial score (nSPS) is 12.7. The summed E-state index contributed by atoms with van der Waals surface area (Å²) in [6, 6.07) is 5.34. The first-order valence-electron chi connectivity index (χ1n) is 7.75. The van der Waals surface area contributed by atoms with E-state index in [1.54, 1.807) is 17.0 Å². The fourth-order valence-electron chi connectivity index (χ4n) is 2.79. The molecule has 1 heterocycles. The number of methoxy groups -OCH3 is 1. The summed E-state index contributed by atoms with van der Waals surface area (Å²) in [6.07, 6.45) is 1.49. The molecule has 0 aliphatic carbocycles. The molecule has 1 aliphatic rings. The lowest BCUT2D eigenvalue weighted by Gasteiger charge is -2.21. The predicted molar refractivity (Wildman–Crippen MR) is 86.4 cm³/mol. The molecule has 2 amide bonds. The lowest BCUT2D eigenvalue weighted by Crippen LogP contribution is -2.36. The molecule has 0 saturated carbocycles. The van der Waals surface area contributed by atoms with E-state index in [9.17, 15) is 14.4 Å². The van der Waals surface area contributed by atoms with Gasteiger partial charge in [-0.2, -0.15) is 0 Å². The van der Waals surface area contributed by atoms with Crippen molar-refractivity contribution in [3.05, 3.63) is 29.3 Å². The molecule has 1 aromatic carbocycles. The fourth-order valence-corrected chi connectivity index (χ4v) is 2.79. The van der Waals surface area contributed by atoms with Gasteiger partial charge in [-0.3, -0.25) is 14.4 Å². The van der Waals surface area contributed by atoms with Crippen LogP contribution in [-0.4, -0.2) is 49.4 Å². The molecule has 0 unspecified atom stereocenters. The van der Waals surface area contributed by atoms with Gasteiger partial charge in [0.2, 0.25) is 5.91 Å². The largest absolute Gasteiger partial charge is 0.468 e. The summed E-state index contributed by atoms with van der Waals surface area (Å²) in [7, 11) is 1.31. The summed E-state index contributed by atoms with van der Waals surface area (Å²) in [5, 5.41) is 0. The highest BCUT2D eigenvalue weighted by molar-refractivity contribution is 5.98. The van der Waals surface area contributed by atoms with Crippen molar-refractivity contribution in [1.29, 1.82) is 0 Å². The highest BCUT2D eigenvalue weighted by Gasteiger charge is 2.25. The van der Waals surface area contributed by atoms with Crippen molar-refractivity contribution in [3.63, 3.8) is 0 Å². The van der Waals surface area contributed by atoms with E-state index in [0.29, 0.717) is 18.7 Å². The highest BCUT2D eigenvalue weighted by Crippen LogP contribution is 2.29. The van der Waals surface area contributed by atoms with Gasteiger partial charge in [0.25, 0.3) is 5.91 Å². The Balaban J connectivity index is 2.22. The van der Waals surface area contributed by atoms with E-state index >= 15 is 0 Å². The standard InChI is InChI=1S/C17H22N2O4/c1-4-8-18(11-16(21)23-3)17(22)14-5-6-15-13(10-14)7-9-19(15)12(2)20/h5-6,10H,4,7-9,11H2,1-3H3. The number of carbonyl (C=O) groups excluding carboxylic acids is 3. The zero-order valence-corrected chi connectivity index (χ0v) is 13.8. The van der Waals surface area contributed by atoms with Crippen molar-refractivity contribution in [2.45, 2.75) is 26.7 Å². The van der Waals surface area contributed by atoms with E-state index in [2.05, 4.69) is 4.74 Å². The van der Waals surface area contributed by atoms with Gasteiger partial charge in [0.1, 0.15) is 6.54 Å². The average Bonchev–Trinajstić information content (AvgIpc) is 2.96. The smallest absolute Gasteiger partial charge is 0.325 e. The van der Waals surface area contributed by atoms with E-state index in [0.717, 1.165) is 24.1 Å². The Kier molecular flexibility index (Phi) is 5.36. The first kappa shape index (κ1) is 17.0. The molecule has 0 bridgehead atoms. The summed E-state index contributed by atoms with van der Waals surface area (Å²) in [6.45, 7) is 4.56. The van der Waals surface area contributed by atoms with Gasteiger partial charge < -0.3 is 14.5 Å². The highest BCUT2D eigenvalue weighted by atomic mass is 16.5. The second-order valence-electron chi connectivity index (χ2n) is 5.57. The van der Waals surface area contributed by atoms with E-state index in [1.165, 1.54) is 18.9 Å². The van der Waals surface area contributed by atoms with Crippen LogP contribution in [0.25, 0.3) is 0 Å². The van der Waals surface area contributed by atoms with Crippen LogP contribution in [0, 0.1) is 0 Å². The molecule has 2 rings (SSSR count). The third kappa shape index (κ3) is 3.70. The minimum Gasteiger partial charge on any atom is -0.468 e. The molecule has 0 spiro atoms. The van der Waals surface area contributed by atoms with Crippen LogP contribution in [0.1, 0.15) is 36.2 Å². The molecular formula is C17H22N2O4. The second-order valence-corrected chi connectivity index (χ2v) is 5.57. The molecule has 0 radical (unpaired) electrons. The fraction of sp³-hybridized carbons (Fsp3) is 0.471. The number of fused-ring (bicyclic) bond motifs is 1. The van der Waals surface area contributed by atoms with Crippen LogP contribution in [0.4, 0.5) is 5.69 Å². The van der Waals surface area contributed by atoms with Crippen molar-refractivity contribution in [2.75, 3.05) is 31.6 Å². The van der Waals surface area contributed by atoms with Crippen LogP contribution in [0.3, 0.4) is 0 Å². The third-order valence-electron chi connectivity index (χ3n) is 3.93. The number of ether oxygens (including phenoxy) is 1. The maximum absolute atomic E-state index is 12.6. The van der Waals surface area contributed by atoms with Gasteiger partial charge in [0.15, 0.2) is 0 Å². The molecule has 0 atom stereocenters. The van der Waals surface area contributed by atoms with Crippen LogP contribution >= 0.6 is 0 Å². The van der Waals surface area contributed by atoms with Crippen molar-refractivity contribution in [3.8, 4) is 0 Å². The quantitative estimate of drug-likeness (QED) is 0.774. The van der Waals surface area contributed by atoms with Gasteiger partial charge in [-0.05, 0) is 36.6 Å². The Labute approximate surface area is 136 Å². The molecule has 0 fully saturated rings. The number of anilines is 1. The zero-order valence-electron chi connectivity index (χ0n) is 13.8. The molecule has 6 nitrogen and oxygen atoms in total. The Hall–Kier alpha value is -2.37. The number of rotatable bonds is 5. The Morgan fingerprint density at radius 1 is 1.30 bits per heavy atom. The van der Waals surface area contributed by atoms with Crippen LogP contribution in [0.5, 0.6) is 0 Å². The first-order valence-corrected chi connectivity index (χ1v) is 7.75. The maximum Gasteiger partial charge on any atom is 0.325 e. The number of carbonyl (C=O) groups is 3. The van der Waals surface area contributed by atoms with Gasteiger partial charge in [-0.1, -0.05) is 6.92 Å². The Morgan fingerprint density at radius 2 is 2.04 bits per heavy atom. The molecule has 0 saturated heterocycles. The molecule has 124 valence electrons. The van der Waals surface area contributed by atoms with E-state index in [1.807, 2.05) is 13.0 Å². The number of benzene rings is 1. The van der Waals surface area contributed by atoms with E-state index < -0.39 is 5.97 Å². The minimum absolute atomic E-state index is 0.00104. The predicted octanol–water partition coefficient (Wildman–Crippen LogP) is 1.62. The number of nitrogens with zero attached hydrogens (tertiary/aromatic N) is 2. The summed E-state index contributed by atoms with van der Waals surface area (Å²) in [5.41, 5.74) is 2.39. The van der Waals surface area contributed by atoms with Gasteiger partial charge >= 0.3 is 5.97 Å². The third-order valence-corrected chi connectivity index (χ3v) is 3.93. The van der Waals surface area contributed by atoms with Crippen LogP contribution < -0.4 is 4.90 Å². The average molecular weight is 318 g/mol. The van der Waals surface area contributed by atoms with Gasteiger partial charge in [-0.25, -0.2) is 0 Å². The number of esters is 1. The molecule has 0 N–H and O–H groups in total. The summed E-state index contributed by atoms with van der Waals surface area (Å²) in [4.78, 5) is 38.9. The van der Waals surface area contributed by atoms with Crippen LogP contribution in [0.2, 0.25) is 0 Å². The van der Waals surface area contributed by atoms with Gasteiger partial charge in [0, 0.05) is 31.3 Å². The summed E-state index contributed by atoms with van der Waals surface area (Å²) >= 11 is 0. The SMILES string of the molecule is CCCN(CC(=O)OC)C(=O)c1ccc2c(c1)CCN2C(C)=O. The van der Waals surface area contributed by atoms with E-state index in [4.69, 9.17) is 0 Å². The molecule has 6 heteroatoms. The molecule has 0 aromatic heterocycles. The summed E-state index contributed by atoms with van der Waals surface area (Å²) in [5.74, 6) is -0.627. The zero-order chi connectivity index (χ0) is 17.0. The van der Waals surface area contributed by atoms with Crippen molar-refractivity contribution < 1.29 is 19.1 Å².